The number of unbranched alkanes of at least 4 members (excludes halogenated alkanes) is 49. The van der Waals surface area contributed by atoms with Gasteiger partial charge in [0.1, 0.15) is 0 Å². The lowest BCUT2D eigenvalue weighted by molar-refractivity contribution is -0.143. The van der Waals surface area contributed by atoms with E-state index in [0.29, 0.717) is 19.4 Å². The number of aliphatic hydroxyl groups excluding tert-OH is 2. The molecule has 0 aliphatic carbocycles. The summed E-state index contributed by atoms with van der Waals surface area (Å²) in [7, 11) is 0. The SMILES string of the molecule is CCCCCC/C=C\C/C=C\CCCCCCCC(=O)OCCCCCCCCCCCCCCCCCCCCCCCCCCCCCCCCCC(=O)NC(CO)C(O)/C=C/CCCCCCCCCCCC. The Morgan fingerprint density at radius 3 is 1.01 bits per heavy atom. The molecule has 0 radical (unpaired) electrons. The number of nitrogens with one attached hydrogen (secondary N) is 1. The highest BCUT2D eigenvalue weighted by Crippen LogP contribution is 2.18. The molecule has 2 unspecified atom stereocenters. The van der Waals surface area contributed by atoms with E-state index in [9.17, 15) is 19.8 Å². The van der Waals surface area contributed by atoms with Crippen LogP contribution in [0.5, 0.6) is 0 Å². The van der Waals surface area contributed by atoms with Crippen LogP contribution in [-0.2, 0) is 14.3 Å². The summed E-state index contributed by atoms with van der Waals surface area (Å²) in [5, 5.41) is 23.1. The molecule has 0 aromatic heterocycles. The lowest BCUT2D eigenvalue weighted by atomic mass is 10.0. The zero-order valence-corrected chi connectivity index (χ0v) is 51.3. The van der Waals surface area contributed by atoms with Crippen LogP contribution in [0.4, 0.5) is 0 Å². The largest absolute Gasteiger partial charge is 0.466 e. The van der Waals surface area contributed by atoms with Crippen LogP contribution < -0.4 is 5.32 Å². The summed E-state index contributed by atoms with van der Waals surface area (Å²) >= 11 is 0. The third-order valence-corrected chi connectivity index (χ3v) is 15.9. The number of allylic oxidation sites excluding steroid dienone is 5. The number of aliphatic hydroxyl groups is 2. The Bertz CT molecular complexity index is 1230. The van der Waals surface area contributed by atoms with Gasteiger partial charge < -0.3 is 20.3 Å². The molecule has 0 aliphatic rings. The van der Waals surface area contributed by atoms with Crippen molar-refractivity contribution in [3.8, 4) is 0 Å². The van der Waals surface area contributed by atoms with Gasteiger partial charge in [-0.15, -0.1) is 0 Å². The second-order valence-electron chi connectivity index (χ2n) is 23.5. The second kappa shape index (κ2) is 65.6. The van der Waals surface area contributed by atoms with E-state index in [1.54, 1.807) is 6.08 Å². The van der Waals surface area contributed by atoms with Gasteiger partial charge in [-0.2, -0.15) is 0 Å². The molecule has 448 valence electrons. The van der Waals surface area contributed by atoms with Gasteiger partial charge in [-0.1, -0.05) is 333 Å². The van der Waals surface area contributed by atoms with Crippen molar-refractivity contribution in [1.29, 1.82) is 0 Å². The molecule has 0 aromatic rings. The number of carbonyl (C=O) groups is 2. The first-order valence-electron chi connectivity index (χ1n) is 34.3. The quantitative estimate of drug-likeness (QED) is 0.0320. The summed E-state index contributed by atoms with van der Waals surface area (Å²) in [5.41, 5.74) is 0. The highest BCUT2D eigenvalue weighted by molar-refractivity contribution is 5.76. The van der Waals surface area contributed by atoms with Gasteiger partial charge in [0, 0.05) is 12.8 Å². The Morgan fingerprint density at radius 1 is 0.368 bits per heavy atom. The highest BCUT2D eigenvalue weighted by atomic mass is 16.5. The van der Waals surface area contributed by atoms with Gasteiger partial charge in [0.25, 0.3) is 0 Å². The number of amides is 1. The molecule has 6 nitrogen and oxygen atoms in total. The van der Waals surface area contributed by atoms with Crippen molar-refractivity contribution in [1.82, 2.24) is 5.32 Å². The maximum Gasteiger partial charge on any atom is 0.305 e. The van der Waals surface area contributed by atoms with Gasteiger partial charge in [-0.05, 0) is 64.2 Å². The van der Waals surface area contributed by atoms with E-state index in [0.717, 1.165) is 51.4 Å². The fourth-order valence-electron chi connectivity index (χ4n) is 10.7. The standard InChI is InChI=1S/C70H133NO5/c1-3-5-7-9-11-13-15-17-18-37-40-44-48-52-56-60-64-70(75)76-65-61-57-53-49-45-41-38-35-33-31-29-27-25-23-21-19-20-22-24-26-28-30-32-34-36-39-43-47-51-55-59-63-69(74)71-67(66-72)68(73)62-58-54-50-46-42-16-14-12-10-8-6-4-2/h13,15,18,37,58,62,67-68,72-73H,3-12,14,16-17,19-36,38-57,59-61,63-66H2,1-2H3,(H,71,74)/b15-13-,37-18-,62-58+. The zero-order chi connectivity index (χ0) is 55.0. The third-order valence-electron chi connectivity index (χ3n) is 15.9. The van der Waals surface area contributed by atoms with E-state index in [-0.39, 0.29) is 18.5 Å². The van der Waals surface area contributed by atoms with E-state index in [1.807, 2.05) is 6.08 Å². The summed E-state index contributed by atoms with van der Waals surface area (Å²) in [5.74, 6) is -0.0562. The Kier molecular flexibility index (Phi) is 63.9. The van der Waals surface area contributed by atoms with Gasteiger partial charge in [0.15, 0.2) is 0 Å². The molecular weight excluding hydrogens is 935 g/mol. The minimum absolute atomic E-state index is 0.00704. The smallest absolute Gasteiger partial charge is 0.305 e. The van der Waals surface area contributed by atoms with Gasteiger partial charge in [0.2, 0.25) is 5.91 Å². The second-order valence-corrected chi connectivity index (χ2v) is 23.5. The van der Waals surface area contributed by atoms with Gasteiger partial charge in [-0.25, -0.2) is 0 Å². The van der Waals surface area contributed by atoms with Crippen LogP contribution in [0.2, 0.25) is 0 Å². The van der Waals surface area contributed by atoms with Crippen LogP contribution in [0.15, 0.2) is 36.5 Å². The van der Waals surface area contributed by atoms with Gasteiger partial charge in [0.05, 0.1) is 25.4 Å². The molecule has 76 heavy (non-hydrogen) atoms. The summed E-state index contributed by atoms with van der Waals surface area (Å²) < 4.78 is 5.49. The topological polar surface area (TPSA) is 95.9 Å². The molecule has 3 N–H and O–H groups in total. The number of ether oxygens (including phenoxy) is 1. The molecule has 0 aliphatic heterocycles. The molecule has 1 amide bonds. The zero-order valence-electron chi connectivity index (χ0n) is 51.3. The van der Waals surface area contributed by atoms with Crippen molar-refractivity contribution in [3.63, 3.8) is 0 Å². The van der Waals surface area contributed by atoms with Crippen molar-refractivity contribution >= 4 is 11.9 Å². The molecule has 2 atom stereocenters. The number of esters is 1. The first kappa shape index (κ1) is 74.1. The minimum atomic E-state index is -0.840. The molecule has 0 rings (SSSR count). The summed E-state index contributed by atoms with van der Waals surface area (Å²) in [6, 6.07) is -0.623. The average Bonchev–Trinajstić information content (AvgIpc) is 3.42. The van der Waals surface area contributed by atoms with Gasteiger partial charge in [-0.3, -0.25) is 9.59 Å². The lowest BCUT2D eigenvalue weighted by Gasteiger charge is -2.20. The van der Waals surface area contributed by atoms with E-state index in [4.69, 9.17) is 4.74 Å². The molecule has 0 fully saturated rings. The predicted molar refractivity (Wildman–Crippen MR) is 333 cm³/mol. The average molecular weight is 1070 g/mol. The Balaban J connectivity index is 3.33. The van der Waals surface area contributed by atoms with Crippen LogP contribution in [0.25, 0.3) is 0 Å². The van der Waals surface area contributed by atoms with Crippen molar-refractivity contribution < 1.29 is 24.5 Å². The molecule has 0 heterocycles. The number of hydrogen-bond donors (Lipinski definition) is 3. The molecule has 0 bridgehead atoms. The molecule has 6 heteroatoms. The third kappa shape index (κ3) is 61.3. The van der Waals surface area contributed by atoms with Gasteiger partial charge >= 0.3 is 5.97 Å². The predicted octanol–water partition coefficient (Wildman–Crippen LogP) is 21.9. The van der Waals surface area contributed by atoms with Crippen LogP contribution in [0.1, 0.15) is 373 Å². The lowest BCUT2D eigenvalue weighted by Crippen LogP contribution is -2.45. The molecule has 0 saturated heterocycles. The normalized spacial score (nSPS) is 12.7. The number of hydrogen-bond acceptors (Lipinski definition) is 5. The monoisotopic (exact) mass is 1070 g/mol. The molecule has 0 saturated carbocycles. The molecular formula is C70H133NO5. The van der Waals surface area contributed by atoms with Crippen LogP contribution in [0.3, 0.4) is 0 Å². The maximum absolute atomic E-state index is 12.4. The van der Waals surface area contributed by atoms with E-state index >= 15 is 0 Å². The Morgan fingerprint density at radius 2 is 0.658 bits per heavy atom. The fourth-order valence-corrected chi connectivity index (χ4v) is 10.7. The van der Waals surface area contributed by atoms with Crippen molar-refractivity contribution in [3.05, 3.63) is 36.5 Å². The molecule has 0 aromatic carbocycles. The van der Waals surface area contributed by atoms with Crippen molar-refractivity contribution in [2.24, 2.45) is 0 Å². The first-order chi connectivity index (χ1) is 37.5. The fraction of sp³-hybridized carbons (Fsp3) is 0.886. The first-order valence-corrected chi connectivity index (χ1v) is 34.3. The summed E-state index contributed by atoms with van der Waals surface area (Å²) in [6.07, 6.45) is 83.7. The van der Waals surface area contributed by atoms with Crippen LogP contribution >= 0.6 is 0 Å². The van der Waals surface area contributed by atoms with Crippen molar-refractivity contribution in [2.45, 2.75) is 386 Å². The maximum atomic E-state index is 12.4. The highest BCUT2D eigenvalue weighted by Gasteiger charge is 2.18. The van der Waals surface area contributed by atoms with Crippen LogP contribution in [-0.4, -0.2) is 47.4 Å². The molecule has 0 spiro atoms. The number of rotatable bonds is 64. The van der Waals surface area contributed by atoms with Crippen molar-refractivity contribution in [2.75, 3.05) is 13.2 Å². The van der Waals surface area contributed by atoms with E-state index < -0.39 is 12.1 Å². The summed E-state index contributed by atoms with van der Waals surface area (Å²) in [4.78, 5) is 24.5. The van der Waals surface area contributed by atoms with Crippen LogP contribution in [0, 0.1) is 0 Å². The van der Waals surface area contributed by atoms with E-state index in [1.165, 1.54) is 295 Å². The van der Waals surface area contributed by atoms with E-state index in [2.05, 4.69) is 43.5 Å². The Hall–Kier alpha value is -1.92. The summed E-state index contributed by atoms with van der Waals surface area (Å²) in [6.45, 7) is 4.90. The minimum Gasteiger partial charge on any atom is -0.466 e. The Labute approximate surface area is 474 Å². The number of carbonyl (C=O) groups excluding carboxylic acids is 2.